The third kappa shape index (κ3) is 3.03. The normalized spacial score (nSPS) is 21.5. The van der Waals surface area contributed by atoms with E-state index in [1.54, 1.807) is 0 Å². The molecule has 1 aromatic carbocycles. The lowest BCUT2D eigenvalue weighted by molar-refractivity contribution is -0.170. The van der Waals surface area contributed by atoms with Gasteiger partial charge in [-0.25, -0.2) is 4.39 Å². The summed E-state index contributed by atoms with van der Waals surface area (Å²) in [6, 6.07) is 1.84. The summed E-state index contributed by atoms with van der Waals surface area (Å²) in [6.07, 6.45) is -4.07. The average molecular weight is 344 g/mol. The van der Waals surface area contributed by atoms with Crippen molar-refractivity contribution in [1.82, 2.24) is 5.32 Å². The second kappa shape index (κ2) is 6.18. The Kier molecular flexibility index (Phi) is 4.74. The first kappa shape index (κ1) is 18.4. The minimum absolute atomic E-state index is 0.0463. The van der Waals surface area contributed by atoms with Crippen molar-refractivity contribution in [3.63, 3.8) is 0 Å². The maximum absolute atomic E-state index is 13.4. The fraction of sp³-hybridized carbons (Fsp3) is 0.529. The van der Waals surface area contributed by atoms with Crippen LogP contribution in [0.1, 0.15) is 38.3 Å². The Hall–Kier alpha value is -1.92. The Labute approximate surface area is 137 Å². The summed E-state index contributed by atoms with van der Waals surface area (Å²) < 4.78 is 52.9. The quantitative estimate of drug-likeness (QED) is 0.634. The molecule has 0 heterocycles. The minimum atomic E-state index is -4.58. The van der Waals surface area contributed by atoms with Crippen LogP contribution in [0.5, 0.6) is 0 Å². The summed E-state index contributed by atoms with van der Waals surface area (Å²) in [7, 11) is 0. The molecule has 24 heavy (non-hydrogen) atoms. The molecule has 0 fully saturated rings. The summed E-state index contributed by atoms with van der Waals surface area (Å²) in [4.78, 5) is 12.8. The fourth-order valence-electron chi connectivity index (χ4n) is 3.33. The molecule has 0 radical (unpaired) electrons. The van der Waals surface area contributed by atoms with E-state index in [1.807, 2.05) is 0 Å². The van der Waals surface area contributed by atoms with Crippen molar-refractivity contribution in [3.8, 4) is 0 Å². The molecule has 1 unspecified atom stereocenters. The van der Waals surface area contributed by atoms with Crippen molar-refractivity contribution in [2.45, 2.75) is 51.2 Å². The largest absolute Gasteiger partial charge is 0.408 e. The van der Waals surface area contributed by atoms with Crippen LogP contribution < -0.4 is 5.32 Å². The molecule has 2 rings (SSSR count). The van der Waals surface area contributed by atoms with E-state index in [4.69, 9.17) is 5.41 Å². The summed E-state index contributed by atoms with van der Waals surface area (Å²) in [5.74, 6) is -2.16. The zero-order valence-electron chi connectivity index (χ0n) is 13.7. The highest BCUT2D eigenvalue weighted by Gasteiger charge is 2.51. The molecule has 2 N–H and O–H groups in total. The summed E-state index contributed by atoms with van der Waals surface area (Å²) in [6.45, 7) is 4.15. The summed E-state index contributed by atoms with van der Waals surface area (Å²) in [5, 5.41) is 10.1. The first-order valence-electron chi connectivity index (χ1n) is 7.72. The predicted molar refractivity (Wildman–Crippen MR) is 82.6 cm³/mol. The zero-order chi connectivity index (χ0) is 18.3. The molecule has 1 aliphatic carbocycles. The van der Waals surface area contributed by atoms with Gasteiger partial charge >= 0.3 is 6.18 Å². The Morgan fingerprint density at radius 2 is 1.96 bits per heavy atom. The molecule has 0 spiro atoms. The van der Waals surface area contributed by atoms with Gasteiger partial charge in [-0.3, -0.25) is 4.79 Å². The van der Waals surface area contributed by atoms with Gasteiger partial charge in [-0.1, -0.05) is 19.9 Å². The number of fused-ring (bicyclic) bond motifs is 1. The monoisotopic (exact) mass is 344 g/mol. The van der Waals surface area contributed by atoms with E-state index in [2.05, 4.69) is 5.32 Å². The second-order valence-electron chi connectivity index (χ2n) is 6.57. The molecule has 1 aromatic rings. The number of alkyl halides is 3. The van der Waals surface area contributed by atoms with E-state index < -0.39 is 35.3 Å². The molecule has 0 bridgehead atoms. The number of hydrogen-bond acceptors (Lipinski definition) is 2. The topological polar surface area (TPSA) is 53.0 Å². The lowest BCUT2D eigenvalue weighted by Crippen LogP contribution is -2.56. The third-order valence-corrected chi connectivity index (χ3v) is 4.63. The first-order chi connectivity index (χ1) is 11.0. The molecule has 132 valence electrons. The molecule has 0 aliphatic heterocycles. The molecular formula is C17H20F4N2O. The molecule has 7 heteroatoms. The van der Waals surface area contributed by atoms with Crippen molar-refractivity contribution < 1.29 is 22.4 Å². The molecule has 0 saturated heterocycles. The number of rotatable bonds is 4. The van der Waals surface area contributed by atoms with Gasteiger partial charge in [0.15, 0.2) is 0 Å². The smallest absolute Gasteiger partial charge is 0.343 e. The van der Waals surface area contributed by atoms with Crippen LogP contribution >= 0.6 is 0 Å². The summed E-state index contributed by atoms with van der Waals surface area (Å²) >= 11 is 0. The first-order valence-corrected chi connectivity index (χ1v) is 7.72. The molecule has 1 aliphatic rings. The lowest BCUT2D eigenvalue weighted by atomic mass is 9.76. The van der Waals surface area contributed by atoms with Crippen LogP contribution in [0, 0.1) is 17.1 Å². The number of amides is 1. The fourth-order valence-corrected chi connectivity index (χ4v) is 3.33. The number of benzene rings is 1. The highest BCUT2D eigenvalue weighted by Crippen LogP contribution is 2.41. The average Bonchev–Trinajstić information content (AvgIpc) is 2.82. The second-order valence-corrected chi connectivity index (χ2v) is 6.57. The van der Waals surface area contributed by atoms with Gasteiger partial charge in [-0.15, -0.1) is 0 Å². The van der Waals surface area contributed by atoms with E-state index in [0.29, 0.717) is 17.5 Å². The van der Waals surface area contributed by atoms with Crippen LogP contribution in [0.4, 0.5) is 17.6 Å². The van der Waals surface area contributed by atoms with Crippen LogP contribution in [0.2, 0.25) is 0 Å². The van der Waals surface area contributed by atoms with E-state index in [1.165, 1.54) is 39.0 Å². The van der Waals surface area contributed by atoms with Gasteiger partial charge in [0.2, 0.25) is 5.91 Å². The number of carbonyl (C=O) groups is 1. The van der Waals surface area contributed by atoms with Crippen LogP contribution in [0.3, 0.4) is 0 Å². The SMILES string of the molecule is CC(=N)C1(C(=O)N[C@H](C(C)C)C(F)(F)F)CCc2cc(F)ccc21. The van der Waals surface area contributed by atoms with Crippen LogP contribution in [0.15, 0.2) is 18.2 Å². The van der Waals surface area contributed by atoms with Crippen molar-refractivity contribution in [2.75, 3.05) is 0 Å². The molecule has 1 amide bonds. The number of nitrogens with one attached hydrogen (secondary N) is 2. The van der Waals surface area contributed by atoms with Crippen LogP contribution in [0.25, 0.3) is 0 Å². The van der Waals surface area contributed by atoms with Gasteiger partial charge in [0.25, 0.3) is 0 Å². The van der Waals surface area contributed by atoms with Crippen molar-refractivity contribution in [1.29, 1.82) is 5.41 Å². The summed E-state index contributed by atoms with van der Waals surface area (Å²) in [5.41, 5.74) is -0.542. The lowest BCUT2D eigenvalue weighted by Gasteiger charge is -2.33. The maximum atomic E-state index is 13.4. The van der Waals surface area contributed by atoms with Gasteiger partial charge in [0.05, 0.1) is 0 Å². The Morgan fingerprint density at radius 3 is 2.46 bits per heavy atom. The van der Waals surface area contributed by atoms with Gasteiger partial charge in [-0.2, -0.15) is 13.2 Å². The van der Waals surface area contributed by atoms with Gasteiger partial charge in [-0.05, 0) is 48.9 Å². The van der Waals surface area contributed by atoms with Gasteiger partial charge < -0.3 is 10.7 Å². The highest BCUT2D eigenvalue weighted by atomic mass is 19.4. The molecule has 2 atom stereocenters. The van der Waals surface area contributed by atoms with Crippen LogP contribution in [-0.4, -0.2) is 23.8 Å². The highest BCUT2D eigenvalue weighted by molar-refractivity contribution is 6.13. The number of halogens is 4. The predicted octanol–water partition coefficient (Wildman–Crippen LogP) is 3.75. The van der Waals surface area contributed by atoms with Crippen molar-refractivity contribution in [2.24, 2.45) is 5.92 Å². The van der Waals surface area contributed by atoms with Crippen molar-refractivity contribution in [3.05, 3.63) is 35.1 Å². The van der Waals surface area contributed by atoms with E-state index in [9.17, 15) is 22.4 Å². The van der Waals surface area contributed by atoms with E-state index in [0.717, 1.165) is 0 Å². The number of carbonyl (C=O) groups excluding carboxylic acids is 1. The van der Waals surface area contributed by atoms with Crippen molar-refractivity contribution >= 4 is 11.6 Å². The van der Waals surface area contributed by atoms with Gasteiger partial charge in [0.1, 0.15) is 17.3 Å². The molecule has 0 aromatic heterocycles. The molecule has 3 nitrogen and oxygen atoms in total. The molecular weight excluding hydrogens is 324 g/mol. The standard InChI is InChI=1S/C17H20F4N2O/c1-9(2)14(17(19,20)21)23-15(24)16(10(3)22)7-6-11-8-12(18)4-5-13(11)16/h4-5,8-9,14,22H,6-7H2,1-3H3,(H,23,24)/t14-,16?/m1/s1. The minimum Gasteiger partial charge on any atom is -0.343 e. The Balaban J connectivity index is 2.44. The number of hydrogen-bond donors (Lipinski definition) is 2. The Morgan fingerprint density at radius 1 is 1.33 bits per heavy atom. The number of aryl methyl sites for hydroxylation is 1. The van der Waals surface area contributed by atoms with E-state index >= 15 is 0 Å². The maximum Gasteiger partial charge on any atom is 0.408 e. The van der Waals surface area contributed by atoms with Crippen LogP contribution in [-0.2, 0) is 16.6 Å². The van der Waals surface area contributed by atoms with Gasteiger partial charge in [0, 0.05) is 5.71 Å². The third-order valence-electron chi connectivity index (χ3n) is 4.63. The van der Waals surface area contributed by atoms with E-state index in [-0.39, 0.29) is 12.1 Å². The Bertz CT molecular complexity index is 669. The zero-order valence-corrected chi connectivity index (χ0v) is 13.7. The molecule has 0 saturated carbocycles.